The van der Waals surface area contributed by atoms with E-state index >= 15 is 0 Å². The summed E-state index contributed by atoms with van der Waals surface area (Å²) in [4.78, 5) is 23.7. The summed E-state index contributed by atoms with van der Waals surface area (Å²) in [6, 6.07) is 7.79. The summed E-state index contributed by atoms with van der Waals surface area (Å²) < 4.78 is 1.02. The summed E-state index contributed by atoms with van der Waals surface area (Å²) in [6.07, 6.45) is 1.29. The standard InChI is InChI=1S/C14H19BrN2O3/c1-17(14(20)16-8-3-6-13(18)19)9-7-11-4-2-5-12(15)10-11/h2,4-5,10H,3,6-9H2,1H3,(H,16,20)(H,18,19). The van der Waals surface area contributed by atoms with Crippen LogP contribution in [-0.4, -0.2) is 42.1 Å². The van der Waals surface area contributed by atoms with Crippen LogP contribution in [0.25, 0.3) is 0 Å². The number of nitrogens with one attached hydrogen (secondary N) is 1. The van der Waals surface area contributed by atoms with Gasteiger partial charge in [-0.1, -0.05) is 28.1 Å². The maximum absolute atomic E-state index is 11.7. The maximum atomic E-state index is 11.7. The zero-order valence-electron chi connectivity index (χ0n) is 11.4. The third-order valence-corrected chi connectivity index (χ3v) is 3.31. The Morgan fingerprint density at radius 1 is 1.40 bits per heavy atom. The zero-order valence-corrected chi connectivity index (χ0v) is 13.0. The fourth-order valence-corrected chi connectivity index (χ4v) is 2.11. The molecule has 2 N–H and O–H groups in total. The van der Waals surface area contributed by atoms with Crippen molar-refractivity contribution in [1.82, 2.24) is 10.2 Å². The zero-order chi connectivity index (χ0) is 15.0. The predicted molar refractivity (Wildman–Crippen MR) is 80.7 cm³/mol. The van der Waals surface area contributed by atoms with Crippen LogP contribution in [0.2, 0.25) is 0 Å². The molecule has 0 aliphatic carbocycles. The molecule has 0 aliphatic heterocycles. The topological polar surface area (TPSA) is 69.6 Å². The van der Waals surface area contributed by atoms with Crippen molar-refractivity contribution in [3.8, 4) is 0 Å². The van der Waals surface area contributed by atoms with E-state index in [2.05, 4.69) is 21.2 Å². The molecule has 110 valence electrons. The van der Waals surface area contributed by atoms with Gasteiger partial charge in [-0.15, -0.1) is 0 Å². The number of hydrogen-bond acceptors (Lipinski definition) is 2. The lowest BCUT2D eigenvalue weighted by Gasteiger charge is -2.17. The average molecular weight is 343 g/mol. The van der Waals surface area contributed by atoms with Crippen LogP contribution in [0.3, 0.4) is 0 Å². The third-order valence-electron chi connectivity index (χ3n) is 2.82. The molecule has 1 aromatic rings. The second-order valence-corrected chi connectivity index (χ2v) is 5.45. The van der Waals surface area contributed by atoms with Crippen LogP contribution in [0.1, 0.15) is 18.4 Å². The summed E-state index contributed by atoms with van der Waals surface area (Å²) in [6.45, 7) is 0.994. The number of nitrogens with zero attached hydrogens (tertiary/aromatic N) is 1. The van der Waals surface area contributed by atoms with Gasteiger partial charge in [-0.25, -0.2) is 4.79 Å². The highest BCUT2D eigenvalue weighted by Gasteiger charge is 2.08. The third kappa shape index (κ3) is 6.56. The van der Waals surface area contributed by atoms with Gasteiger partial charge in [0.1, 0.15) is 0 Å². The Balaban J connectivity index is 2.26. The maximum Gasteiger partial charge on any atom is 0.317 e. The Labute approximate surface area is 127 Å². The lowest BCUT2D eigenvalue weighted by Crippen LogP contribution is -2.38. The van der Waals surface area contributed by atoms with Crippen LogP contribution >= 0.6 is 15.9 Å². The number of carboxylic acids is 1. The van der Waals surface area contributed by atoms with Gasteiger partial charge in [0.2, 0.25) is 0 Å². The van der Waals surface area contributed by atoms with Crippen molar-refractivity contribution in [3.63, 3.8) is 0 Å². The van der Waals surface area contributed by atoms with E-state index in [1.54, 1.807) is 11.9 Å². The predicted octanol–water partition coefficient (Wildman–Crippen LogP) is 2.50. The average Bonchev–Trinajstić information content (AvgIpc) is 2.40. The first-order chi connectivity index (χ1) is 9.49. The van der Waals surface area contributed by atoms with Crippen molar-refractivity contribution in [3.05, 3.63) is 34.3 Å². The number of rotatable bonds is 7. The molecule has 0 aromatic heterocycles. The molecular formula is C14H19BrN2O3. The Kier molecular flexibility index (Phi) is 7.08. The van der Waals surface area contributed by atoms with E-state index < -0.39 is 5.97 Å². The van der Waals surface area contributed by atoms with Crippen molar-refractivity contribution in [2.75, 3.05) is 20.1 Å². The quantitative estimate of drug-likeness (QED) is 0.748. The van der Waals surface area contributed by atoms with Gasteiger partial charge >= 0.3 is 12.0 Å². The van der Waals surface area contributed by atoms with Crippen molar-refractivity contribution in [2.45, 2.75) is 19.3 Å². The fraction of sp³-hybridized carbons (Fsp3) is 0.429. The molecule has 0 atom stereocenters. The van der Waals surface area contributed by atoms with Crippen LogP contribution in [0.15, 0.2) is 28.7 Å². The lowest BCUT2D eigenvalue weighted by molar-refractivity contribution is -0.137. The summed E-state index contributed by atoms with van der Waals surface area (Å²) in [5, 5.41) is 11.2. The fourth-order valence-electron chi connectivity index (χ4n) is 1.66. The van der Waals surface area contributed by atoms with Gasteiger partial charge < -0.3 is 15.3 Å². The number of carboxylic acid groups (broad SMARTS) is 1. The van der Waals surface area contributed by atoms with Gasteiger partial charge in [0, 0.05) is 31.0 Å². The van der Waals surface area contributed by atoms with Crippen molar-refractivity contribution in [2.24, 2.45) is 0 Å². The summed E-state index contributed by atoms with van der Waals surface area (Å²) in [5.41, 5.74) is 1.16. The number of benzene rings is 1. The first kappa shape index (κ1) is 16.5. The normalized spacial score (nSPS) is 10.1. The highest BCUT2D eigenvalue weighted by atomic mass is 79.9. The molecule has 0 saturated heterocycles. The number of hydrogen-bond donors (Lipinski definition) is 2. The molecule has 0 radical (unpaired) electrons. The van der Waals surface area contributed by atoms with Crippen LogP contribution in [0.5, 0.6) is 0 Å². The van der Waals surface area contributed by atoms with Crippen molar-refractivity contribution in [1.29, 1.82) is 0 Å². The molecule has 20 heavy (non-hydrogen) atoms. The number of aliphatic carboxylic acids is 1. The molecular weight excluding hydrogens is 324 g/mol. The molecule has 0 fully saturated rings. The number of carbonyl (C=O) groups is 2. The molecule has 0 bridgehead atoms. The van der Waals surface area contributed by atoms with E-state index in [0.717, 1.165) is 16.5 Å². The molecule has 0 unspecified atom stereocenters. The van der Waals surface area contributed by atoms with Crippen LogP contribution in [-0.2, 0) is 11.2 Å². The molecule has 2 amide bonds. The van der Waals surface area contributed by atoms with Crippen LogP contribution < -0.4 is 5.32 Å². The van der Waals surface area contributed by atoms with E-state index in [-0.39, 0.29) is 12.5 Å². The number of likely N-dealkylation sites (N-methyl/N-ethyl adjacent to an activating group) is 1. The Morgan fingerprint density at radius 2 is 2.15 bits per heavy atom. The number of amides is 2. The minimum Gasteiger partial charge on any atom is -0.481 e. The Hall–Kier alpha value is -1.56. The van der Waals surface area contributed by atoms with E-state index in [4.69, 9.17) is 5.11 Å². The molecule has 0 spiro atoms. The molecule has 1 aromatic carbocycles. The van der Waals surface area contributed by atoms with Crippen LogP contribution in [0.4, 0.5) is 4.79 Å². The summed E-state index contributed by atoms with van der Waals surface area (Å²) >= 11 is 3.41. The molecule has 6 heteroatoms. The minimum atomic E-state index is -0.845. The Morgan fingerprint density at radius 3 is 2.80 bits per heavy atom. The van der Waals surface area contributed by atoms with E-state index in [1.165, 1.54) is 0 Å². The second-order valence-electron chi connectivity index (χ2n) is 4.53. The second kappa shape index (κ2) is 8.58. The SMILES string of the molecule is CN(CCc1cccc(Br)c1)C(=O)NCCCC(=O)O. The smallest absolute Gasteiger partial charge is 0.317 e. The minimum absolute atomic E-state index is 0.0715. The van der Waals surface area contributed by atoms with E-state index in [1.807, 2.05) is 24.3 Å². The van der Waals surface area contributed by atoms with Gasteiger partial charge in [0.05, 0.1) is 0 Å². The molecule has 1 rings (SSSR count). The number of carbonyl (C=O) groups excluding carboxylic acids is 1. The molecule has 0 heterocycles. The van der Waals surface area contributed by atoms with E-state index in [9.17, 15) is 9.59 Å². The highest BCUT2D eigenvalue weighted by Crippen LogP contribution is 2.12. The van der Waals surface area contributed by atoms with Crippen LogP contribution in [0, 0.1) is 0 Å². The summed E-state index contributed by atoms with van der Waals surface area (Å²) in [7, 11) is 1.73. The van der Waals surface area contributed by atoms with Crippen molar-refractivity contribution < 1.29 is 14.7 Å². The van der Waals surface area contributed by atoms with Gasteiger partial charge in [-0.2, -0.15) is 0 Å². The summed E-state index contributed by atoms with van der Waals surface area (Å²) in [5.74, 6) is -0.845. The van der Waals surface area contributed by atoms with Crippen molar-refractivity contribution >= 4 is 27.9 Å². The van der Waals surface area contributed by atoms with Gasteiger partial charge in [0.15, 0.2) is 0 Å². The first-order valence-electron chi connectivity index (χ1n) is 6.44. The van der Waals surface area contributed by atoms with Gasteiger partial charge in [-0.05, 0) is 30.5 Å². The molecule has 0 aliphatic rings. The Bertz CT molecular complexity index is 465. The largest absolute Gasteiger partial charge is 0.481 e. The van der Waals surface area contributed by atoms with Gasteiger partial charge in [-0.3, -0.25) is 4.79 Å². The monoisotopic (exact) mass is 342 g/mol. The lowest BCUT2D eigenvalue weighted by atomic mass is 10.1. The van der Waals surface area contributed by atoms with Gasteiger partial charge in [0.25, 0.3) is 0 Å². The highest BCUT2D eigenvalue weighted by molar-refractivity contribution is 9.10. The first-order valence-corrected chi connectivity index (χ1v) is 7.23. The number of halogens is 1. The molecule has 0 saturated carbocycles. The van der Waals surface area contributed by atoms with E-state index in [0.29, 0.717) is 19.5 Å². The number of urea groups is 1. The molecule has 5 nitrogen and oxygen atoms in total.